The van der Waals surface area contributed by atoms with Gasteiger partial charge in [0.1, 0.15) is 0 Å². The molecule has 7 heteroatoms. The minimum atomic E-state index is -0.488. The summed E-state index contributed by atoms with van der Waals surface area (Å²) in [6.45, 7) is 0. The summed E-state index contributed by atoms with van der Waals surface area (Å²) in [6.07, 6.45) is 2.60. The number of carbonyl (C=O) groups is 3. The van der Waals surface area contributed by atoms with Crippen molar-refractivity contribution in [2.75, 3.05) is 16.0 Å². The number of imide groups is 1. The summed E-state index contributed by atoms with van der Waals surface area (Å²) in [5, 5.41) is 5.18. The van der Waals surface area contributed by atoms with Crippen LogP contribution < -0.4 is 21.7 Å². The number of nitrogens with two attached hydrogens (primary N) is 2. The third-order valence-corrected chi connectivity index (χ3v) is 5.23. The fraction of sp³-hybridized carbons (Fsp3) is 0. The van der Waals surface area contributed by atoms with Crippen LogP contribution in [0.25, 0.3) is 10.8 Å². The zero-order valence-corrected chi connectivity index (χ0v) is 18.1. The van der Waals surface area contributed by atoms with Gasteiger partial charge in [-0.15, -0.1) is 0 Å². The van der Waals surface area contributed by atoms with E-state index in [-0.39, 0.29) is 11.8 Å². The number of carbonyl (C=O) groups excluding carboxylic acids is 3. The Balaban J connectivity index is 0.000000231. The van der Waals surface area contributed by atoms with E-state index in [2.05, 4.69) is 5.32 Å². The summed E-state index contributed by atoms with van der Waals surface area (Å²) in [6, 6.07) is 28.0. The van der Waals surface area contributed by atoms with Crippen molar-refractivity contribution in [2.24, 2.45) is 5.73 Å². The molecule has 1 aliphatic rings. The van der Waals surface area contributed by atoms with Crippen molar-refractivity contribution in [3.63, 3.8) is 0 Å². The molecule has 0 fully saturated rings. The molecule has 7 nitrogen and oxygen atoms in total. The lowest BCUT2D eigenvalue weighted by molar-refractivity contribution is -0.119. The van der Waals surface area contributed by atoms with E-state index in [1.165, 1.54) is 17.1 Å². The molecule has 168 valence electrons. The Bertz CT molecular complexity index is 1400. The van der Waals surface area contributed by atoms with Crippen LogP contribution in [-0.4, -0.2) is 17.7 Å². The normalized spacial score (nSPS) is 12.4. The van der Waals surface area contributed by atoms with Crippen molar-refractivity contribution in [2.45, 2.75) is 0 Å². The van der Waals surface area contributed by atoms with Gasteiger partial charge >= 0.3 is 0 Å². The molecule has 5 rings (SSSR count). The van der Waals surface area contributed by atoms with Crippen molar-refractivity contribution >= 4 is 51.2 Å². The minimum absolute atomic E-state index is 0.311. The van der Waals surface area contributed by atoms with Crippen molar-refractivity contribution < 1.29 is 14.4 Å². The van der Waals surface area contributed by atoms with Crippen LogP contribution in [0.3, 0.4) is 0 Å². The number of hydrogen-bond acceptors (Lipinski definition) is 5. The second kappa shape index (κ2) is 9.70. The third kappa shape index (κ3) is 4.63. The fourth-order valence-electron chi connectivity index (χ4n) is 3.62. The molecule has 0 spiro atoms. The minimum Gasteiger partial charge on any atom is -0.398 e. The van der Waals surface area contributed by atoms with Crippen LogP contribution in [0.15, 0.2) is 103 Å². The van der Waals surface area contributed by atoms with E-state index >= 15 is 0 Å². The van der Waals surface area contributed by atoms with Crippen molar-refractivity contribution in [3.05, 3.63) is 109 Å². The highest BCUT2D eigenvalue weighted by Gasteiger charge is 2.26. The van der Waals surface area contributed by atoms with E-state index in [1.54, 1.807) is 30.3 Å². The van der Waals surface area contributed by atoms with Gasteiger partial charge in [0.05, 0.1) is 11.3 Å². The molecule has 0 atom stereocenters. The molecule has 0 radical (unpaired) electrons. The van der Waals surface area contributed by atoms with E-state index in [9.17, 15) is 14.4 Å². The predicted molar refractivity (Wildman–Crippen MR) is 135 cm³/mol. The van der Waals surface area contributed by atoms with Gasteiger partial charge in [0.2, 0.25) is 0 Å². The Hall–Kier alpha value is -4.91. The quantitative estimate of drug-likeness (QED) is 0.315. The van der Waals surface area contributed by atoms with E-state index in [1.807, 2.05) is 60.7 Å². The molecule has 0 saturated heterocycles. The molecule has 5 N–H and O–H groups in total. The number of rotatable bonds is 4. The van der Waals surface area contributed by atoms with Gasteiger partial charge < -0.3 is 16.8 Å². The number of nitrogen functional groups attached to an aromatic ring is 1. The zero-order chi connectivity index (χ0) is 24.1. The van der Waals surface area contributed by atoms with Gasteiger partial charge in [-0.05, 0) is 36.4 Å². The van der Waals surface area contributed by atoms with Crippen LogP contribution in [0.2, 0.25) is 0 Å². The maximum Gasteiger partial charge on any atom is 0.258 e. The summed E-state index contributed by atoms with van der Waals surface area (Å²) in [5.41, 5.74) is 13.7. The lowest BCUT2D eigenvalue weighted by Crippen LogP contribution is -2.29. The predicted octanol–water partition coefficient (Wildman–Crippen LogP) is 4.38. The van der Waals surface area contributed by atoms with Gasteiger partial charge in [-0.25, -0.2) is 4.90 Å². The summed E-state index contributed by atoms with van der Waals surface area (Å²) in [5.74, 6) is -1.11. The Kier molecular flexibility index (Phi) is 6.36. The summed E-state index contributed by atoms with van der Waals surface area (Å²) in [4.78, 5) is 35.8. The second-order valence-corrected chi connectivity index (χ2v) is 7.47. The summed E-state index contributed by atoms with van der Waals surface area (Å²) < 4.78 is 0. The Morgan fingerprint density at radius 2 is 1.29 bits per heavy atom. The largest absolute Gasteiger partial charge is 0.398 e. The smallest absolute Gasteiger partial charge is 0.258 e. The Morgan fingerprint density at radius 3 is 1.91 bits per heavy atom. The molecule has 0 saturated carbocycles. The zero-order valence-electron chi connectivity index (χ0n) is 18.1. The molecular formula is C27H22N4O3. The van der Waals surface area contributed by atoms with Crippen molar-refractivity contribution in [3.8, 4) is 0 Å². The second-order valence-electron chi connectivity index (χ2n) is 7.47. The van der Waals surface area contributed by atoms with Gasteiger partial charge in [0.15, 0.2) is 0 Å². The highest BCUT2D eigenvalue weighted by atomic mass is 16.2. The lowest BCUT2D eigenvalue weighted by atomic mass is 10.1. The molecule has 1 heterocycles. The first kappa shape index (κ1) is 22.3. The molecule has 0 aromatic heterocycles. The third-order valence-electron chi connectivity index (χ3n) is 5.23. The maximum atomic E-state index is 12.0. The summed E-state index contributed by atoms with van der Waals surface area (Å²) in [7, 11) is 0. The number of nitrogens with one attached hydrogen (secondary N) is 1. The fourth-order valence-corrected chi connectivity index (χ4v) is 3.62. The SMILES string of the molecule is NC(=O)c1ccccc1N.O=C1C=CC(=O)N1c1ccc(Nc2ccccc2)c2ccccc12. The molecule has 4 aromatic carbocycles. The highest BCUT2D eigenvalue weighted by molar-refractivity contribution is 6.30. The average Bonchev–Trinajstić information content (AvgIpc) is 3.18. The molecule has 3 amide bonds. The molecule has 0 aliphatic carbocycles. The standard InChI is InChI=1S/C20H14N2O2.C7H8N2O/c23-19-12-13-20(24)22(19)18-11-10-17(15-8-4-5-9-16(15)18)21-14-6-2-1-3-7-14;8-6-4-2-1-3-5(6)7(9)10/h1-13,21H;1-4H,8H2,(H2,9,10). The number of benzene rings is 4. The molecule has 1 aliphatic heterocycles. The van der Waals surface area contributed by atoms with Crippen LogP contribution in [0.4, 0.5) is 22.7 Å². The van der Waals surface area contributed by atoms with Crippen LogP contribution in [0, 0.1) is 0 Å². The van der Waals surface area contributed by atoms with Crippen molar-refractivity contribution in [1.29, 1.82) is 0 Å². The number of para-hydroxylation sites is 2. The molecule has 34 heavy (non-hydrogen) atoms. The summed E-state index contributed by atoms with van der Waals surface area (Å²) >= 11 is 0. The van der Waals surface area contributed by atoms with Gasteiger partial charge in [-0.2, -0.15) is 0 Å². The number of anilines is 4. The van der Waals surface area contributed by atoms with Gasteiger partial charge in [-0.3, -0.25) is 14.4 Å². The number of amides is 3. The van der Waals surface area contributed by atoms with E-state index < -0.39 is 5.91 Å². The van der Waals surface area contributed by atoms with Gasteiger partial charge in [-0.1, -0.05) is 54.6 Å². The van der Waals surface area contributed by atoms with Crippen molar-refractivity contribution in [1.82, 2.24) is 0 Å². The molecule has 0 bridgehead atoms. The topological polar surface area (TPSA) is 119 Å². The highest BCUT2D eigenvalue weighted by Crippen LogP contribution is 2.35. The molecule has 4 aromatic rings. The van der Waals surface area contributed by atoms with Crippen LogP contribution in [0.5, 0.6) is 0 Å². The van der Waals surface area contributed by atoms with Gasteiger partial charge in [0.25, 0.3) is 17.7 Å². The monoisotopic (exact) mass is 450 g/mol. The van der Waals surface area contributed by atoms with E-state index in [0.29, 0.717) is 16.9 Å². The van der Waals surface area contributed by atoms with Gasteiger partial charge in [0, 0.05) is 40.0 Å². The first-order valence-corrected chi connectivity index (χ1v) is 10.5. The maximum absolute atomic E-state index is 12.0. The molecular weight excluding hydrogens is 428 g/mol. The first-order chi connectivity index (χ1) is 16.5. The Morgan fingerprint density at radius 1 is 0.706 bits per heavy atom. The van der Waals surface area contributed by atoms with Crippen LogP contribution in [0.1, 0.15) is 10.4 Å². The molecule has 0 unspecified atom stereocenters. The van der Waals surface area contributed by atoms with Crippen LogP contribution >= 0.6 is 0 Å². The number of hydrogen-bond donors (Lipinski definition) is 3. The van der Waals surface area contributed by atoms with E-state index in [0.717, 1.165) is 22.1 Å². The lowest BCUT2D eigenvalue weighted by Gasteiger charge is -2.18. The number of fused-ring (bicyclic) bond motifs is 1. The number of primary amides is 1. The van der Waals surface area contributed by atoms with E-state index in [4.69, 9.17) is 11.5 Å². The van der Waals surface area contributed by atoms with Crippen LogP contribution in [-0.2, 0) is 9.59 Å². The Labute approximate surface area is 196 Å². The average molecular weight is 450 g/mol. The number of nitrogens with zero attached hydrogens (tertiary/aromatic N) is 1. The first-order valence-electron chi connectivity index (χ1n) is 10.5.